The van der Waals surface area contributed by atoms with Gasteiger partial charge in [-0.25, -0.2) is 13.9 Å². The summed E-state index contributed by atoms with van der Waals surface area (Å²) in [6.45, 7) is 6.35. The maximum Gasteiger partial charge on any atom is 0.232 e. The quantitative estimate of drug-likeness (QED) is 0.183. The largest absolute Gasteiger partial charge is 0.352 e. The molecule has 13 heteroatoms. The second-order valence-corrected chi connectivity index (χ2v) is 10.2. The molecule has 1 aliphatic rings. The van der Waals surface area contributed by atoms with Gasteiger partial charge in [-0.1, -0.05) is 29.8 Å². The summed E-state index contributed by atoms with van der Waals surface area (Å²) in [5.74, 6) is 1.72. The van der Waals surface area contributed by atoms with Crippen LogP contribution in [0.1, 0.15) is 19.4 Å². The number of nitrogens with zero attached hydrogens (tertiary/aromatic N) is 4. The fraction of sp³-hybridized carbons (Fsp3) is 0.292. The molecule has 4 aromatic rings. The number of aromatic nitrogens is 4. The molecule has 1 aliphatic heterocycles. The van der Waals surface area contributed by atoms with E-state index in [0.717, 1.165) is 41.1 Å². The Hall–Kier alpha value is -3.29. The maximum atomic E-state index is 11.0. The maximum absolute atomic E-state index is 11.0. The van der Waals surface area contributed by atoms with Crippen LogP contribution < -0.4 is 25.6 Å². The van der Waals surface area contributed by atoms with Gasteiger partial charge in [0, 0.05) is 48.5 Å². The number of H-pyrrole nitrogens is 1. The zero-order chi connectivity index (χ0) is 25.9. The molecule has 0 spiro atoms. The molecule has 3 atom stereocenters. The number of hydrogen-bond donors (Lipinski definition) is 6. The number of hydrogen-bond acceptors (Lipinski definition) is 8. The molecule has 6 N–H and O–H groups in total. The molecule has 0 aliphatic carbocycles. The second kappa shape index (κ2) is 11.0. The van der Waals surface area contributed by atoms with Crippen LogP contribution in [0.4, 0.5) is 29.0 Å². The number of aromatic amines is 1. The number of rotatable bonds is 8. The lowest BCUT2D eigenvalue weighted by Gasteiger charge is -2.36. The number of para-hydroxylation sites is 1. The van der Waals surface area contributed by atoms with E-state index in [1.54, 1.807) is 0 Å². The third-order valence-electron chi connectivity index (χ3n) is 6.06. The Bertz CT molecular complexity index is 1420. The molecule has 0 saturated carbocycles. The number of piperazine rings is 1. The lowest BCUT2D eigenvalue weighted by Crippen LogP contribution is -2.54. The van der Waals surface area contributed by atoms with Gasteiger partial charge in [0.2, 0.25) is 17.2 Å². The minimum atomic E-state index is -2.12. The third kappa shape index (κ3) is 6.00. The van der Waals surface area contributed by atoms with E-state index in [2.05, 4.69) is 59.6 Å². The normalized spacial score (nSPS) is 18.6. The van der Waals surface area contributed by atoms with Gasteiger partial charge in [-0.3, -0.25) is 9.65 Å². The van der Waals surface area contributed by atoms with Crippen molar-refractivity contribution in [3.8, 4) is 0 Å². The fourth-order valence-electron chi connectivity index (χ4n) is 4.53. The van der Waals surface area contributed by atoms with E-state index in [9.17, 15) is 4.21 Å². The summed E-state index contributed by atoms with van der Waals surface area (Å²) in [7, 11) is 0. The number of benzene rings is 2. The Labute approximate surface area is 221 Å². The highest BCUT2D eigenvalue weighted by Gasteiger charge is 2.24. The van der Waals surface area contributed by atoms with Gasteiger partial charge in [0.25, 0.3) is 0 Å². The second-order valence-electron chi connectivity index (χ2n) is 9.05. The Morgan fingerprint density at radius 2 is 1.95 bits per heavy atom. The monoisotopic (exact) mass is 541 g/mol. The molecular weight excluding hydrogens is 514 g/mol. The predicted molar refractivity (Wildman–Crippen MR) is 148 cm³/mol. The predicted octanol–water partition coefficient (Wildman–Crippen LogP) is 3.91. The molecule has 0 radical (unpaired) electrons. The van der Waals surface area contributed by atoms with E-state index in [0.29, 0.717) is 34.6 Å². The molecule has 0 bridgehead atoms. The SMILES string of the molecule is C[C@@H]1CN(c2n[nH]c3cc(Nc4ncc(Cl)c(Nc5ccccc5CNS(=O)O)n4)ccc23)C[C@H](C)N1. The van der Waals surface area contributed by atoms with Crippen LogP contribution >= 0.6 is 11.6 Å². The van der Waals surface area contributed by atoms with Crippen LogP contribution in [0.2, 0.25) is 5.02 Å². The van der Waals surface area contributed by atoms with Gasteiger partial charge in [0.1, 0.15) is 5.02 Å². The van der Waals surface area contributed by atoms with Gasteiger partial charge in [0.15, 0.2) is 11.6 Å². The molecule has 1 fully saturated rings. The van der Waals surface area contributed by atoms with Crippen LogP contribution in [0.25, 0.3) is 10.9 Å². The average Bonchev–Trinajstić information content (AvgIpc) is 3.28. The third-order valence-corrected chi connectivity index (χ3v) is 6.72. The van der Waals surface area contributed by atoms with E-state index in [1.807, 2.05) is 42.5 Å². The molecule has 2 aromatic heterocycles. The summed E-state index contributed by atoms with van der Waals surface area (Å²) in [5, 5.41) is 19.1. The minimum Gasteiger partial charge on any atom is -0.352 e. The first-order valence-electron chi connectivity index (χ1n) is 11.8. The van der Waals surface area contributed by atoms with Crippen LogP contribution in [-0.4, -0.2) is 54.1 Å². The van der Waals surface area contributed by atoms with Crippen molar-refractivity contribution < 1.29 is 8.76 Å². The molecule has 11 nitrogen and oxygen atoms in total. The van der Waals surface area contributed by atoms with E-state index >= 15 is 0 Å². The number of anilines is 5. The van der Waals surface area contributed by atoms with Crippen molar-refractivity contribution in [2.45, 2.75) is 32.5 Å². The summed E-state index contributed by atoms with van der Waals surface area (Å²) in [5.41, 5.74) is 3.19. The van der Waals surface area contributed by atoms with Crippen molar-refractivity contribution in [1.29, 1.82) is 0 Å². The topological polar surface area (TPSA) is 143 Å². The van der Waals surface area contributed by atoms with E-state index in [1.165, 1.54) is 6.20 Å². The molecule has 37 heavy (non-hydrogen) atoms. The molecule has 1 saturated heterocycles. The van der Waals surface area contributed by atoms with Crippen LogP contribution in [0.3, 0.4) is 0 Å². The molecule has 194 valence electrons. The highest BCUT2D eigenvalue weighted by molar-refractivity contribution is 7.77. The van der Waals surface area contributed by atoms with Crippen molar-refractivity contribution in [1.82, 2.24) is 30.2 Å². The van der Waals surface area contributed by atoms with Gasteiger partial charge in [-0.2, -0.15) is 10.1 Å². The lowest BCUT2D eigenvalue weighted by molar-refractivity contribution is 0.405. The molecule has 3 heterocycles. The average molecular weight is 542 g/mol. The zero-order valence-corrected chi connectivity index (χ0v) is 21.9. The summed E-state index contributed by atoms with van der Waals surface area (Å²) in [6, 6.07) is 14.1. The van der Waals surface area contributed by atoms with Crippen molar-refractivity contribution in [3.05, 3.63) is 59.2 Å². The van der Waals surface area contributed by atoms with Crippen LogP contribution in [0.5, 0.6) is 0 Å². The molecule has 0 amide bonds. The number of fused-ring (bicyclic) bond motifs is 1. The highest BCUT2D eigenvalue weighted by atomic mass is 35.5. The summed E-state index contributed by atoms with van der Waals surface area (Å²) in [4.78, 5) is 11.2. The van der Waals surface area contributed by atoms with Crippen molar-refractivity contribution in [2.24, 2.45) is 0 Å². The summed E-state index contributed by atoms with van der Waals surface area (Å²) in [6.07, 6.45) is 1.52. The Kier molecular flexibility index (Phi) is 7.53. The van der Waals surface area contributed by atoms with Crippen LogP contribution in [-0.2, 0) is 17.8 Å². The molecule has 1 unspecified atom stereocenters. The van der Waals surface area contributed by atoms with E-state index in [4.69, 9.17) is 16.2 Å². The zero-order valence-electron chi connectivity index (χ0n) is 20.3. The van der Waals surface area contributed by atoms with Gasteiger partial charge in [0.05, 0.1) is 11.7 Å². The van der Waals surface area contributed by atoms with Crippen molar-refractivity contribution in [2.75, 3.05) is 28.6 Å². The molecule has 5 rings (SSSR count). The van der Waals surface area contributed by atoms with Crippen LogP contribution in [0, 0.1) is 0 Å². The standard InChI is InChI=1S/C24H28ClN9O2S/c1-14-12-34(13-15(2)28-14)23-18-8-7-17(9-21(18)32-33-23)29-24-26-11-19(25)22(31-24)30-20-6-4-3-5-16(20)10-27-37(35)36/h3-9,11,14-15,27-28H,10,12-13H2,1-2H3,(H,32,33)(H,35,36)(H2,26,29,30,31)/t14-,15+. The first-order chi connectivity index (χ1) is 17.9. The Balaban J connectivity index is 1.34. The van der Waals surface area contributed by atoms with E-state index in [-0.39, 0.29) is 6.54 Å². The van der Waals surface area contributed by atoms with Gasteiger partial charge < -0.3 is 20.9 Å². The number of nitrogens with one attached hydrogen (secondary N) is 5. The van der Waals surface area contributed by atoms with Crippen LogP contribution in [0.15, 0.2) is 48.7 Å². The summed E-state index contributed by atoms with van der Waals surface area (Å²) < 4.78 is 22.6. The fourth-order valence-corrected chi connectivity index (χ4v) is 4.95. The first kappa shape index (κ1) is 25.4. The molecule has 2 aromatic carbocycles. The van der Waals surface area contributed by atoms with Gasteiger partial charge in [-0.05, 0) is 43.7 Å². The van der Waals surface area contributed by atoms with Crippen molar-refractivity contribution >= 4 is 62.7 Å². The lowest BCUT2D eigenvalue weighted by atomic mass is 10.1. The smallest absolute Gasteiger partial charge is 0.232 e. The van der Waals surface area contributed by atoms with Gasteiger partial charge in [-0.15, -0.1) is 0 Å². The first-order valence-corrected chi connectivity index (χ1v) is 13.3. The summed E-state index contributed by atoms with van der Waals surface area (Å²) >= 11 is 4.25. The number of halogens is 1. The Morgan fingerprint density at radius 3 is 2.73 bits per heavy atom. The molecular formula is C24H28ClN9O2S. The van der Waals surface area contributed by atoms with E-state index < -0.39 is 11.3 Å². The van der Waals surface area contributed by atoms with Crippen molar-refractivity contribution in [3.63, 3.8) is 0 Å². The van der Waals surface area contributed by atoms with Gasteiger partial charge >= 0.3 is 0 Å². The highest BCUT2D eigenvalue weighted by Crippen LogP contribution is 2.30. The minimum absolute atomic E-state index is 0.193. The Morgan fingerprint density at radius 1 is 1.16 bits per heavy atom.